The molecule has 1 aliphatic rings. The fourth-order valence-electron chi connectivity index (χ4n) is 2.81. The van der Waals surface area contributed by atoms with E-state index in [0.717, 1.165) is 21.7 Å². The monoisotopic (exact) mass is 383 g/mol. The van der Waals surface area contributed by atoms with E-state index >= 15 is 0 Å². The summed E-state index contributed by atoms with van der Waals surface area (Å²) in [5.41, 5.74) is 3.36. The summed E-state index contributed by atoms with van der Waals surface area (Å²) >= 11 is 1.33. The quantitative estimate of drug-likeness (QED) is 0.626. The third-order valence-electron chi connectivity index (χ3n) is 4.53. The molecule has 1 N–H and O–H groups in total. The molecular formula is C21H21NO4S. The van der Waals surface area contributed by atoms with Gasteiger partial charge in [-0.25, -0.2) is 0 Å². The summed E-state index contributed by atoms with van der Waals surface area (Å²) in [5.74, 6) is -1.05. The molecule has 2 atom stereocenters. The molecule has 0 spiro atoms. The van der Waals surface area contributed by atoms with Gasteiger partial charge in [-0.2, -0.15) is 0 Å². The van der Waals surface area contributed by atoms with Gasteiger partial charge >= 0.3 is 5.97 Å². The fraction of sp³-hybridized carbons (Fsp3) is 0.286. The van der Waals surface area contributed by atoms with Crippen molar-refractivity contribution in [3.05, 3.63) is 59.2 Å². The lowest BCUT2D eigenvalue weighted by Crippen LogP contribution is -2.33. The SMILES string of the molecule is Cc1ccc(C(=O)[C@H](C)OC(=O)C[C@@H]2Sc3ccccc3NC2=O)cc1C. The summed E-state index contributed by atoms with van der Waals surface area (Å²) in [7, 11) is 0. The van der Waals surface area contributed by atoms with Crippen LogP contribution in [0.2, 0.25) is 0 Å². The maximum absolute atomic E-state index is 12.5. The first kappa shape index (κ1) is 19.2. The van der Waals surface area contributed by atoms with Crippen LogP contribution in [0.15, 0.2) is 47.4 Å². The first-order chi connectivity index (χ1) is 12.8. The largest absolute Gasteiger partial charge is 0.454 e. The second-order valence-electron chi connectivity index (χ2n) is 6.59. The Bertz CT molecular complexity index is 909. The molecule has 2 aromatic carbocycles. The molecule has 1 amide bonds. The number of ether oxygens (including phenoxy) is 1. The molecule has 1 aliphatic heterocycles. The van der Waals surface area contributed by atoms with E-state index in [9.17, 15) is 14.4 Å². The topological polar surface area (TPSA) is 72.5 Å². The van der Waals surface area contributed by atoms with Gasteiger partial charge in [-0.05, 0) is 50.1 Å². The number of carbonyl (C=O) groups excluding carboxylic acids is 3. The highest BCUT2D eigenvalue weighted by Crippen LogP contribution is 2.36. The summed E-state index contributed by atoms with van der Waals surface area (Å²) in [6.07, 6.45) is -0.987. The van der Waals surface area contributed by atoms with Crippen molar-refractivity contribution < 1.29 is 19.1 Å². The Hall–Kier alpha value is -2.60. The van der Waals surface area contributed by atoms with Gasteiger partial charge in [0.2, 0.25) is 11.7 Å². The molecule has 5 nitrogen and oxygen atoms in total. The van der Waals surface area contributed by atoms with E-state index in [1.54, 1.807) is 19.1 Å². The highest BCUT2D eigenvalue weighted by atomic mass is 32.2. The second kappa shape index (κ2) is 7.96. The molecule has 0 aliphatic carbocycles. The molecule has 0 aromatic heterocycles. The molecule has 3 rings (SSSR count). The lowest BCUT2D eigenvalue weighted by atomic mass is 10.0. The molecule has 0 saturated heterocycles. The molecule has 27 heavy (non-hydrogen) atoms. The average molecular weight is 383 g/mol. The zero-order valence-electron chi connectivity index (χ0n) is 15.4. The summed E-state index contributed by atoms with van der Waals surface area (Å²) in [6.45, 7) is 5.45. The summed E-state index contributed by atoms with van der Waals surface area (Å²) < 4.78 is 5.29. The van der Waals surface area contributed by atoms with Gasteiger partial charge in [-0.1, -0.05) is 24.3 Å². The maximum atomic E-state index is 12.5. The van der Waals surface area contributed by atoms with Crippen molar-refractivity contribution in [3.63, 3.8) is 0 Å². The van der Waals surface area contributed by atoms with E-state index in [-0.39, 0.29) is 18.1 Å². The molecule has 0 saturated carbocycles. The fourth-order valence-corrected chi connectivity index (χ4v) is 3.90. The molecule has 0 fully saturated rings. The van der Waals surface area contributed by atoms with Gasteiger partial charge in [0.1, 0.15) is 0 Å². The minimum Gasteiger partial charge on any atom is -0.454 e. The number of aryl methyl sites for hydroxylation is 2. The molecule has 140 valence electrons. The smallest absolute Gasteiger partial charge is 0.308 e. The zero-order valence-corrected chi connectivity index (χ0v) is 16.3. The van der Waals surface area contributed by atoms with E-state index in [1.165, 1.54) is 11.8 Å². The highest BCUT2D eigenvalue weighted by molar-refractivity contribution is 8.01. The number of Topliss-reactive ketones (excluding diaryl/α,β-unsaturated/α-hetero) is 1. The van der Waals surface area contributed by atoms with E-state index in [2.05, 4.69) is 5.32 Å². The van der Waals surface area contributed by atoms with Crippen LogP contribution in [0.3, 0.4) is 0 Å². The number of anilines is 1. The minimum absolute atomic E-state index is 0.0879. The lowest BCUT2D eigenvalue weighted by molar-refractivity contribution is -0.147. The van der Waals surface area contributed by atoms with Crippen molar-refractivity contribution in [2.24, 2.45) is 0 Å². The van der Waals surface area contributed by atoms with Gasteiger partial charge in [-0.3, -0.25) is 14.4 Å². The average Bonchev–Trinajstić information content (AvgIpc) is 2.64. The number of benzene rings is 2. The van der Waals surface area contributed by atoms with Crippen LogP contribution in [0.1, 0.15) is 34.8 Å². The number of hydrogen-bond acceptors (Lipinski definition) is 5. The minimum atomic E-state index is -0.899. The number of para-hydroxylation sites is 1. The Kier molecular flexibility index (Phi) is 5.65. The van der Waals surface area contributed by atoms with Crippen molar-refractivity contribution >= 4 is 35.1 Å². The van der Waals surface area contributed by atoms with Gasteiger partial charge in [0.15, 0.2) is 6.10 Å². The van der Waals surface area contributed by atoms with Gasteiger partial charge in [0, 0.05) is 10.5 Å². The van der Waals surface area contributed by atoms with Crippen LogP contribution >= 0.6 is 11.8 Å². The van der Waals surface area contributed by atoms with Crippen molar-refractivity contribution in [1.29, 1.82) is 0 Å². The summed E-state index contributed by atoms with van der Waals surface area (Å²) in [5, 5.41) is 2.22. The summed E-state index contributed by atoms with van der Waals surface area (Å²) in [4.78, 5) is 37.9. The summed E-state index contributed by atoms with van der Waals surface area (Å²) in [6, 6.07) is 12.8. The number of fused-ring (bicyclic) bond motifs is 1. The third kappa shape index (κ3) is 4.39. The van der Waals surface area contributed by atoms with Crippen molar-refractivity contribution in [2.75, 3.05) is 5.32 Å². The van der Waals surface area contributed by atoms with Gasteiger partial charge in [0.25, 0.3) is 0 Å². The first-order valence-corrected chi connectivity index (χ1v) is 9.60. The molecule has 0 radical (unpaired) electrons. The Morgan fingerprint density at radius 3 is 2.63 bits per heavy atom. The molecule has 6 heteroatoms. The number of amides is 1. The van der Waals surface area contributed by atoms with E-state index in [1.807, 2.05) is 44.2 Å². The van der Waals surface area contributed by atoms with E-state index in [4.69, 9.17) is 4.74 Å². The van der Waals surface area contributed by atoms with Crippen molar-refractivity contribution in [3.8, 4) is 0 Å². The van der Waals surface area contributed by atoms with Gasteiger partial charge < -0.3 is 10.1 Å². The van der Waals surface area contributed by atoms with Crippen LogP contribution < -0.4 is 5.32 Å². The predicted octanol–water partition coefficient (Wildman–Crippen LogP) is 3.92. The lowest BCUT2D eigenvalue weighted by Gasteiger charge is -2.23. The van der Waals surface area contributed by atoms with Crippen molar-refractivity contribution in [2.45, 2.75) is 43.4 Å². The van der Waals surface area contributed by atoms with E-state index in [0.29, 0.717) is 5.56 Å². The Morgan fingerprint density at radius 2 is 1.89 bits per heavy atom. The maximum Gasteiger partial charge on any atom is 0.308 e. The van der Waals surface area contributed by atoms with Crippen LogP contribution in [-0.2, 0) is 14.3 Å². The molecule has 0 bridgehead atoms. The van der Waals surface area contributed by atoms with Gasteiger partial charge in [-0.15, -0.1) is 11.8 Å². The molecule has 0 unspecified atom stereocenters. The first-order valence-electron chi connectivity index (χ1n) is 8.72. The normalized spacial score (nSPS) is 16.9. The number of thioether (sulfide) groups is 1. The second-order valence-corrected chi connectivity index (χ2v) is 7.84. The standard InChI is InChI=1S/C21H21NO4S/c1-12-8-9-15(10-13(12)2)20(24)14(3)26-19(23)11-18-21(25)22-16-6-4-5-7-17(16)27-18/h4-10,14,18H,11H2,1-3H3,(H,22,25)/t14-,18-/m0/s1. The number of rotatable bonds is 5. The predicted molar refractivity (Wildman–Crippen MR) is 105 cm³/mol. The van der Waals surface area contributed by atoms with Crippen LogP contribution in [0.5, 0.6) is 0 Å². The molecular weight excluding hydrogens is 362 g/mol. The van der Waals surface area contributed by atoms with Crippen LogP contribution in [-0.4, -0.2) is 29.0 Å². The van der Waals surface area contributed by atoms with E-state index < -0.39 is 17.3 Å². The Balaban J connectivity index is 1.61. The van der Waals surface area contributed by atoms with Crippen LogP contribution in [0, 0.1) is 13.8 Å². The van der Waals surface area contributed by atoms with Crippen LogP contribution in [0.4, 0.5) is 5.69 Å². The van der Waals surface area contributed by atoms with Crippen LogP contribution in [0.25, 0.3) is 0 Å². The Morgan fingerprint density at radius 1 is 1.15 bits per heavy atom. The molecule has 2 aromatic rings. The van der Waals surface area contributed by atoms with Crippen molar-refractivity contribution in [1.82, 2.24) is 0 Å². The molecule has 1 heterocycles. The highest BCUT2D eigenvalue weighted by Gasteiger charge is 2.30. The van der Waals surface area contributed by atoms with Gasteiger partial charge in [0.05, 0.1) is 17.4 Å². The zero-order chi connectivity index (χ0) is 19.6. The Labute approximate surface area is 162 Å². The number of hydrogen-bond donors (Lipinski definition) is 1. The number of ketones is 1. The number of carbonyl (C=O) groups is 3. The third-order valence-corrected chi connectivity index (χ3v) is 5.80. The number of esters is 1. The number of nitrogens with one attached hydrogen (secondary N) is 1.